The topological polar surface area (TPSA) is 63.8 Å². The highest BCUT2D eigenvalue weighted by Crippen LogP contribution is 2.06. The van der Waals surface area contributed by atoms with Crippen LogP contribution in [-0.2, 0) is 13.5 Å². The second kappa shape index (κ2) is 5.98. The lowest BCUT2D eigenvalue weighted by molar-refractivity contribution is 0.197. The normalized spacial score (nSPS) is 13.1. The fourth-order valence-electron chi connectivity index (χ4n) is 1.04. The first-order valence-corrected chi connectivity index (χ1v) is 5.86. The Morgan fingerprint density at radius 3 is 2.93 bits per heavy atom. The van der Waals surface area contributed by atoms with Gasteiger partial charge in [0.1, 0.15) is 0 Å². The molecule has 1 unspecified atom stereocenters. The molecule has 0 aliphatic heterocycles. The van der Waals surface area contributed by atoms with E-state index < -0.39 is 0 Å². The van der Waals surface area contributed by atoms with Crippen LogP contribution in [0.1, 0.15) is 19.2 Å². The molecule has 1 aromatic rings. The van der Waals surface area contributed by atoms with Gasteiger partial charge >= 0.3 is 0 Å². The molecule has 0 spiro atoms. The number of nitrogens with zero attached hydrogens (tertiary/aromatic N) is 4. The zero-order valence-electron chi connectivity index (χ0n) is 8.55. The zero-order valence-corrected chi connectivity index (χ0v) is 9.37. The van der Waals surface area contributed by atoms with Crippen molar-refractivity contribution in [2.75, 3.05) is 11.5 Å². The summed E-state index contributed by atoms with van der Waals surface area (Å²) in [4.78, 5) is 1.40. The zero-order chi connectivity index (χ0) is 10.4. The van der Waals surface area contributed by atoms with Crippen LogP contribution in [0, 0.1) is 0 Å². The summed E-state index contributed by atoms with van der Waals surface area (Å²) in [6.07, 6.45) is 1.27. The predicted octanol–water partition coefficient (Wildman–Crippen LogP) is 0.257. The molecule has 0 aliphatic carbocycles. The van der Waals surface area contributed by atoms with Crippen LogP contribution in [0.4, 0.5) is 0 Å². The second-order valence-electron chi connectivity index (χ2n) is 3.13. The third kappa shape index (κ3) is 4.06. The quantitative estimate of drug-likeness (QED) is 0.691. The molecule has 1 heterocycles. The third-order valence-electron chi connectivity index (χ3n) is 1.63. The molecule has 1 aromatic heterocycles. The van der Waals surface area contributed by atoms with Gasteiger partial charge in [0.15, 0.2) is 5.82 Å². The first kappa shape index (κ1) is 11.5. The van der Waals surface area contributed by atoms with E-state index in [-0.39, 0.29) is 6.10 Å². The Morgan fingerprint density at radius 1 is 1.57 bits per heavy atom. The molecule has 80 valence electrons. The summed E-state index contributed by atoms with van der Waals surface area (Å²) in [5.74, 6) is 2.44. The Kier molecular flexibility index (Phi) is 4.89. The van der Waals surface area contributed by atoms with Crippen molar-refractivity contribution in [3.05, 3.63) is 5.82 Å². The van der Waals surface area contributed by atoms with Crippen LogP contribution in [0.25, 0.3) is 0 Å². The molecule has 0 saturated carbocycles. The van der Waals surface area contributed by atoms with Crippen molar-refractivity contribution in [2.45, 2.75) is 25.9 Å². The molecule has 0 amide bonds. The van der Waals surface area contributed by atoms with E-state index in [1.807, 2.05) is 0 Å². The molecule has 14 heavy (non-hydrogen) atoms. The van der Waals surface area contributed by atoms with E-state index >= 15 is 0 Å². The molecule has 0 aliphatic rings. The summed E-state index contributed by atoms with van der Waals surface area (Å²) in [5.41, 5.74) is 0. The lowest BCUT2D eigenvalue weighted by atomic mass is 10.3. The average molecular weight is 216 g/mol. The van der Waals surface area contributed by atoms with Gasteiger partial charge in [0, 0.05) is 12.2 Å². The Balaban J connectivity index is 2.23. The van der Waals surface area contributed by atoms with Crippen LogP contribution >= 0.6 is 11.8 Å². The van der Waals surface area contributed by atoms with E-state index in [9.17, 15) is 5.11 Å². The highest BCUT2D eigenvalue weighted by atomic mass is 32.2. The maximum atomic E-state index is 9.60. The van der Waals surface area contributed by atoms with Gasteiger partial charge in [-0.15, -0.1) is 10.2 Å². The molecule has 0 radical (unpaired) electrons. The smallest absolute Gasteiger partial charge is 0.177 e. The van der Waals surface area contributed by atoms with Gasteiger partial charge in [-0.25, -0.2) is 0 Å². The number of hydrogen-bond donors (Lipinski definition) is 1. The van der Waals surface area contributed by atoms with E-state index in [2.05, 4.69) is 22.3 Å². The standard InChI is InChI=1S/C8H16N4OS/c1-3-4-14-6-7(13)5-8-9-11-12(2)10-8/h7,13H,3-6H2,1-2H3. The van der Waals surface area contributed by atoms with E-state index in [0.717, 1.165) is 17.9 Å². The molecule has 0 bridgehead atoms. The number of aryl methyl sites for hydroxylation is 1. The number of tetrazole rings is 1. The van der Waals surface area contributed by atoms with Gasteiger partial charge in [-0.2, -0.15) is 16.6 Å². The molecule has 0 saturated heterocycles. The second-order valence-corrected chi connectivity index (χ2v) is 4.28. The number of aliphatic hydroxyl groups excluding tert-OH is 1. The number of hydrogen-bond acceptors (Lipinski definition) is 5. The Hall–Kier alpha value is -0.620. The maximum absolute atomic E-state index is 9.60. The number of aromatic nitrogens is 4. The predicted molar refractivity (Wildman–Crippen MR) is 56.1 cm³/mol. The Bertz CT molecular complexity index is 266. The summed E-state index contributed by atoms with van der Waals surface area (Å²) >= 11 is 1.75. The van der Waals surface area contributed by atoms with Crippen molar-refractivity contribution in [1.29, 1.82) is 0 Å². The monoisotopic (exact) mass is 216 g/mol. The minimum Gasteiger partial charge on any atom is -0.392 e. The van der Waals surface area contributed by atoms with Crippen LogP contribution in [0.5, 0.6) is 0 Å². The van der Waals surface area contributed by atoms with E-state index in [4.69, 9.17) is 0 Å². The molecule has 6 heteroatoms. The first-order chi connectivity index (χ1) is 6.72. The summed E-state index contributed by atoms with van der Waals surface area (Å²) in [6.45, 7) is 2.13. The molecular weight excluding hydrogens is 200 g/mol. The van der Waals surface area contributed by atoms with E-state index in [1.54, 1.807) is 18.8 Å². The van der Waals surface area contributed by atoms with Gasteiger partial charge in [0.25, 0.3) is 0 Å². The fourth-order valence-corrected chi connectivity index (χ4v) is 1.88. The Morgan fingerprint density at radius 2 is 2.36 bits per heavy atom. The van der Waals surface area contributed by atoms with Crippen molar-refractivity contribution >= 4 is 11.8 Å². The van der Waals surface area contributed by atoms with Crippen LogP contribution < -0.4 is 0 Å². The minimum absolute atomic E-state index is 0.365. The maximum Gasteiger partial charge on any atom is 0.177 e. The van der Waals surface area contributed by atoms with Crippen LogP contribution in [0.3, 0.4) is 0 Å². The molecule has 1 N–H and O–H groups in total. The van der Waals surface area contributed by atoms with Crippen molar-refractivity contribution < 1.29 is 5.11 Å². The highest BCUT2D eigenvalue weighted by molar-refractivity contribution is 7.99. The summed E-state index contributed by atoms with van der Waals surface area (Å²) in [5, 5.41) is 21.1. The third-order valence-corrected chi connectivity index (χ3v) is 2.94. The van der Waals surface area contributed by atoms with Crippen molar-refractivity contribution in [2.24, 2.45) is 7.05 Å². The molecule has 1 rings (SSSR count). The lowest BCUT2D eigenvalue weighted by Gasteiger charge is -2.06. The fraction of sp³-hybridized carbons (Fsp3) is 0.875. The van der Waals surface area contributed by atoms with Gasteiger partial charge < -0.3 is 5.11 Å². The van der Waals surface area contributed by atoms with Crippen molar-refractivity contribution in [3.8, 4) is 0 Å². The molecule has 0 fully saturated rings. The summed E-state index contributed by atoms with van der Waals surface area (Å²) in [7, 11) is 1.72. The lowest BCUT2D eigenvalue weighted by Crippen LogP contribution is -2.15. The van der Waals surface area contributed by atoms with Gasteiger partial charge in [0.05, 0.1) is 13.2 Å². The first-order valence-electron chi connectivity index (χ1n) is 4.71. The van der Waals surface area contributed by atoms with Crippen molar-refractivity contribution in [1.82, 2.24) is 20.2 Å². The summed E-state index contributed by atoms with van der Waals surface area (Å²) < 4.78 is 0. The SMILES string of the molecule is CCCSCC(O)Cc1nnn(C)n1. The number of thioether (sulfide) groups is 1. The van der Waals surface area contributed by atoms with Gasteiger partial charge in [-0.1, -0.05) is 6.92 Å². The minimum atomic E-state index is -0.365. The average Bonchev–Trinajstić information content (AvgIpc) is 2.52. The molecule has 0 aromatic carbocycles. The van der Waals surface area contributed by atoms with Gasteiger partial charge in [0.2, 0.25) is 0 Å². The van der Waals surface area contributed by atoms with E-state index in [0.29, 0.717) is 12.2 Å². The van der Waals surface area contributed by atoms with Crippen molar-refractivity contribution in [3.63, 3.8) is 0 Å². The summed E-state index contributed by atoms with van der Waals surface area (Å²) in [6, 6.07) is 0. The van der Waals surface area contributed by atoms with Gasteiger partial charge in [-0.3, -0.25) is 0 Å². The highest BCUT2D eigenvalue weighted by Gasteiger charge is 2.09. The van der Waals surface area contributed by atoms with Crippen LogP contribution in [0.15, 0.2) is 0 Å². The Labute approximate surface area is 87.9 Å². The molecule has 1 atom stereocenters. The van der Waals surface area contributed by atoms with Gasteiger partial charge in [-0.05, 0) is 17.4 Å². The number of rotatable bonds is 6. The molecule has 5 nitrogen and oxygen atoms in total. The van der Waals surface area contributed by atoms with E-state index in [1.165, 1.54) is 4.80 Å². The largest absolute Gasteiger partial charge is 0.392 e. The van der Waals surface area contributed by atoms with Crippen LogP contribution in [-0.4, -0.2) is 42.9 Å². The van der Waals surface area contributed by atoms with Crippen LogP contribution in [0.2, 0.25) is 0 Å². The molecular formula is C8H16N4OS. The number of aliphatic hydroxyl groups is 1.